The molecule has 0 aliphatic rings. The van der Waals surface area contributed by atoms with E-state index in [1.807, 2.05) is 0 Å². The smallest absolute Gasteiger partial charge is 0.269 e. The van der Waals surface area contributed by atoms with E-state index in [9.17, 15) is 18.5 Å². The number of sulfone groups is 1. The monoisotopic (exact) mass is 340 g/mol. The summed E-state index contributed by atoms with van der Waals surface area (Å²) in [6.45, 7) is 0. The molecule has 8 nitrogen and oxygen atoms in total. The normalized spacial score (nSPS) is 11.9. The SMILES string of the molecule is Cn1cnnc1SC/C=C/S(=O)(=O)c1ccc([N+](=O)[O-])cc1. The van der Waals surface area contributed by atoms with Crippen molar-refractivity contribution in [1.82, 2.24) is 14.8 Å². The Balaban J connectivity index is 2.02. The van der Waals surface area contributed by atoms with Crippen LogP contribution in [0.25, 0.3) is 0 Å². The lowest BCUT2D eigenvalue weighted by Gasteiger charge is -1.99. The number of aromatic nitrogens is 3. The van der Waals surface area contributed by atoms with Gasteiger partial charge in [0.25, 0.3) is 5.69 Å². The number of nitro groups is 1. The minimum absolute atomic E-state index is 0.0120. The number of aryl methyl sites for hydroxylation is 1. The Morgan fingerprint density at radius 2 is 2.05 bits per heavy atom. The predicted molar refractivity (Wildman–Crippen MR) is 81.1 cm³/mol. The van der Waals surface area contributed by atoms with E-state index < -0.39 is 14.8 Å². The first-order chi connectivity index (χ1) is 10.4. The Kier molecular flexibility index (Phi) is 4.93. The molecule has 22 heavy (non-hydrogen) atoms. The third-order valence-electron chi connectivity index (χ3n) is 2.63. The summed E-state index contributed by atoms with van der Waals surface area (Å²) in [6, 6.07) is 4.76. The van der Waals surface area contributed by atoms with E-state index in [-0.39, 0.29) is 10.6 Å². The Labute approximate surface area is 130 Å². The van der Waals surface area contributed by atoms with Crippen LogP contribution in [0.4, 0.5) is 5.69 Å². The minimum atomic E-state index is -3.61. The Hall–Kier alpha value is -2.20. The Morgan fingerprint density at radius 1 is 1.36 bits per heavy atom. The molecule has 0 radical (unpaired) electrons. The van der Waals surface area contributed by atoms with Gasteiger partial charge < -0.3 is 4.57 Å². The highest BCUT2D eigenvalue weighted by Crippen LogP contribution is 2.18. The molecule has 2 rings (SSSR count). The van der Waals surface area contributed by atoms with Gasteiger partial charge in [0.1, 0.15) is 6.33 Å². The molecule has 0 fully saturated rings. The molecule has 10 heteroatoms. The van der Waals surface area contributed by atoms with Crippen LogP contribution in [0.2, 0.25) is 0 Å². The van der Waals surface area contributed by atoms with Crippen molar-refractivity contribution in [2.75, 3.05) is 5.75 Å². The van der Waals surface area contributed by atoms with E-state index in [4.69, 9.17) is 0 Å². The van der Waals surface area contributed by atoms with Crippen molar-refractivity contribution in [2.45, 2.75) is 10.1 Å². The number of nitrogens with zero attached hydrogens (tertiary/aromatic N) is 4. The molecule has 0 bridgehead atoms. The maximum Gasteiger partial charge on any atom is 0.269 e. The standard InChI is InChI=1S/C12H12N4O4S2/c1-15-9-13-14-12(15)21-7-2-8-22(19,20)11-5-3-10(4-6-11)16(17)18/h2-6,8-9H,7H2,1H3/b8-2+. The highest BCUT2D eigenvalue weighted by molar-refractivity contribution is 7.99. The number of nitro benzene ring substituents is 1. The molecule has 0 amide bonds. The van der Waals surface area contributed by atoms with Gasteiger partial charge >= 0.3 is 0 Å². The topological polar surface area (TPSA) is 108 Å². The van der Waals surface area contributed by atoms with Crippen LogP contribution in [0.15, 0.2) is 52.1 Å². The summed E-state index contributed by atoms with van der Waals surface area (Å²) >= 11 is 1.34. The average Bonchev–Trinajstić information content (AvgIpc) is 2.89. The predicted octanol–water partition coefficient (Wildman–Crippen LogP) is 1.80. The lowest BCUT2D eigenvalue weighted by Crippen LogP contribution is -1.97. The summed E-state index contributed by atoms with van der Waals surface area (Å²) in [7, 11) is -1.82. The number of non-ortho nitro benzene ring substituents is 1. The molecule has 0 spiro atoms. The van der Waals surface area contributed by atoms with Crippen molar-refractivity contribution in [1.29, 1.82) is 0 Å². The molecule has 0 saturated carbocycles. The quantitative estimate of drug-likeness (QED) is 0.448. The van der Waals surface area contributed by atoms with Gasteiger partial charge in [-0.1, -0.05) is 17.8 Å². The van der Waals surface area contributed by atoms with Crippen LogP contribution in [0, 0.1) is 10.1 Å². The minimum Gasteiger partial charge on any atom is -0.312 e. The Bertz CT molecular complexity index is 797. The number of hydrogen-bond acceptors (Lipinski definition) is 7. The molecule has 2 aromatic rings. The van der Waals surface area contributed by atoms with Gasteiger partial charge in [0.2, 0.25) is 0 Å². The van der Waals surface area contributed by atoms with Crippen LogP contribution in [-0.2, 0) is 16.9 Å². The fourth-order valence-corrected chi connectivity index (χ4v) is 3.37. The second kappa shape index (κ2) is 6.71. The van der Waals surface area contributed by atoms with Crippen molar-refractivity contribution < 1.29 is 13.3 Å². The molecule has 0 unspecified atom stereocenters. The van der Waals surface area contributed by atoms with Crippen molar-refractivity contribution in [3.63, 3.8) is 0 Å². The van der Waals surface area contributed by atoms with Crippen LogP contribution in [-0.4, -0.2) is 33.9 Å². The van der Waals surface area contributed by atoms with E-state index in [2.05, 4.69) is 10.2 Å². The van der Waals surface area contributed by atoms with Gasteiger partial charge in [-0.25, -0.2) is 8.42 Å². The molecule has 116 valence electrons. The highest BCUT2D eigenvalue weighted by Gasteiger charge is 2.12. The van der Waals surface area contributed by atoms with Crippen LogP contribution in [0.1, 0.15) is 0 Å². The molecular formula is C12H12N4O4S2. The summed E-state index contributed by atoms with van der Waals surface area (Å²) in [5.41, 5.74) is -0.152. The summed E-state index contributed by atoms with van der Waals surface area (Å²) in [5.74, 6) is 0.415. The molecular weight excluding hydrogens is 328 g/mol. The molecule has 0 saturated heterocycles. The summed E-state index contributed by atoms with van der Waals surface area (Å²) in [5, 5.41) is 19.9. The first kappa shape index (κ1) is 16.2. The van der Waals surface area contributed by atoms with E-state index in [0.29, 0.717) is 10.9 Å². The molecule has 0 aliphatic carbocycles. The molecule has 0 aliphatic heterocycles. The zero-order chi connectivity index (χ0) is 16.2. The van der Waals surface area contributed by atoms with Gasteiger partial charge in [-0.2, -0.15) is 0 Å². The van der Waals surface area contributed by atoms with Gasteiger partial charge in [0.05, 0.1) is 9.82 Å². The van der Waals surface area contributed by atoms with Crippen LogP contribution in [0.3, 0.4) is 0 Å². The molecule has 1 heterocycles. The summed E-state index contributed by atoms with van der Waals surface area (Å²) in [4.78, 5) is 9.97. The van der Waals surface area contributed by atoms with Gasteiger partial charge in [0, 0.05) is 30.3 Å². The number of benzene rings is 1. The number of thioether (sulfide) groups is 1. The second-order valence-electron chi connectivity index (χ2n) is 4.20. The molecule has 0 N–H and O–H groups in total. The van der Waals surface area contributed by atoms with Gasteiger partial charge in [0.15, 0.2) is 15.0 Å². The van der Waals surface area contributed by atoms with E-state index in [1.165, 1.54) is 30.0 Å². The van der Waals surface area contributed by atoms with Gasteiger partial charge in [-0.05, 0) is 12.1 Å². The van der Waals surface area contributed by atoms with E-state index in [1.54, 1.807) is 17.9 Å². The first-order valence-electron chi connectivity index (χ1n) is 6.03. The zero-order valence-corrected chi connectivity index (χ0v) is 13.1. The first-order valence-corrected chi connectivity index (χ1v) is 8.56. The maximum atomic E-state index is 12.0. The van der Waals surface area contributed by atoms with Crippen molar-refractivity contribution in [2.24, 2.45) is 7.05 Å². The third kappa shape index (κ3) is 3.92. The summed E-state index contributed by atoms with van der Waals surface area (Å²) < 4.78 is 25.8. The number of rotatable bonds is 6. The lowest BCUT2D eigenvalue weighted by molar-refractivity contribution is -0.384. The molecule has 0 atom stereocenters. The highest BCUT2D eigenvalue weighted by atomic mass is 32.2. The summed E-state index contributed by atoms with van der Waals surface area (Å²) in [6.07, 6.45) is 3.05. The Morgan fingerprint density at radius 3 is 2.59 bits per heavy atom. The molecule has 1 aromatic heterocycles. The van der Waals surface area contributed by atoms with E-state index in [0.717, 1.165) is 17.5 Å². The van der Waals surface area contributed by atoms with Gasteiger partial charge in [-0.3, -0.25) is 10.1 Å². The fourth-order valence-electron chi connectivity index (χ4n) is 1.53. The van der Waals surface area contributed by atoms with Crippen LogP contribution >= 0.6 is 11.8 Å². The van der Waals surface area contributed by atoms with Crippen molar-refractivity contribution >= 4 is 27.3 Å². The van der Waals surface area contributed by atoms with Gasteiger partial charge in [-0.15, -0.1) is 10.2 Å². The maximum absolute atomic E-state index is 12.0. The van der Waals surface area contributed by atoms with Crippen molar-refractivity contribution in [3.8, 4) is 0 Å². The zero-order valence-electron chi connectivity index (χ0n) is 11.5. The van der Waals surface area contributed by atoms with Crippen LogP contribution in [0.5, 0.6) is 0 Å². The average molecular weight is 340 g/mol. The third-order valence-corrected chi connectivity index (χ3v) is 5.10. The van der Waals surface area contributed by atoms with E-state index >= 15 is 0 Å². The largest absolute Gasteiger partial charge is 0.312 e. The fraction of sp³-hybridized carbons (Fsp3) is 0.167. The van der Waals surface area contributed by atoms with Crippen molar-refractivity contribution in [3.05, 3.63) is 52.2 Å². The number of hydrogen-bond donors (Lipinski definition) is 0. The lowest BCUT2D eigenvalue weighted by atomic mass is 10.3. The molecule has 1 aromatic carbocycles. The second-order valence-corrected chi connectivity index (χ2v) is 7.02. The van der Waals surface area contributed by atoms with Crippen LogP contribution < -0.4 is 0 Å².